The summed E-state index contributed by atoms with van der Waals surface area (Å²) in [6.07, 6.45) is 4.54. The second-order valence-corrected chi connectivity index (χ2v) is 8.15. The van der Waals surface area contributed by atoms with E-state index in [1.807, 2.05) is 13.8 Å². The van der Waals surface area contributed by atoms with Gasteiger partial charge in [0.05, 0.1) is 23.5 Å². The van der Waals surface area contributed by atoms with Gasteiger partial charge in [-0.05, 0) is 37.5 Å². The van der Waals surface area contributed by atoms with Crippen LogP contribution in [0.3, 0.4) is 0 Å². The monoisotopic (exact) mass is 423 g/mol. The highest BCUT2D eigenvalue weighted by atomic mass is 19.1. The van der Waals surface area contributed by atoms with Crippen LogP contribution in [0.1, 0.15) is 44.9 Å². The van der Waals surface area contributed by atoms with Crippen molar-refractivity contribution in [1.82, 2.24) is 29.4 Å². The maximum absolute atomic E-state index is 14.4. The molecule has 9 nitrogen and oxygen atoms in total. The number of aromatic nitrogens is 6. The first-order valence-corrected chi connectivity index (χ1v) is 9.83. The zero-order valence-electron chi connectivity index (χ0n) is 17.6. The van der Waals surface area contributed by atoms with E-state index in [-0.39, 0.29) is 12.5 Å². The van der Waals surface area contributed by atoms with E-state index in [9.17, 15) is 14.0 Å². The van der Waals surface area contributed by atoms with Crippen LogP contribution in [0.5, 0.6) is 0 Å². The Morgan fingerprint density at radius 3 is 2.74 bits per heavy atom. The van der Waals surface area contributed by atoms with Crippen LogP contribution in [0.25, 0.3) is 16.4 Å². The molecule has 0 fully saturated rings. The number of nitrogens with one attached hydrogen (secondary N) is 1. The molecule has 0 unspecified atom stereocenters. The molecule has 0 radical (unpaired) electrons. The molecule has 0 aliphatic carbocycles. The van der Waals surface area contributed by atoms with Gasteiger partial charge in [-0.25, -0.2) is 14.1 Å². The van der Waals surface area contributed by atoms with E-state index in [2.05, 4.69) is 25.6 Å². The smallest absolute Gasteiger partial charge is 0.275 e. The molecule has 31 heavy (non-hydrogen) atoms. The highest BCUT2D eigenvalue weighted by Gasteiger charge is 2.22. The molecule has 0 saturated carbocycles. The van der Waals surface area contributed by atoms with Gasteiger partial charge in [-0.2, -0.15) is 5.10 Å². The van der Waals surface area contributed by atoms with Gasteiger partial charge in [0.15, 0.2) is 5.65 Å². The molecular formula is C21H22FN7O2. The van der Waals surface area contributed by atoms with Crippen LogP contribution in [0.15, 0.2) is 41.7 Å². The summed E-state index contributed by atoms with van der Waals surface area (Å²) in [6, 6.07) is 4.86. The van der Waals surface area contributed by atoms with E-state index in [0.29, 0.717) is 33.5 Å². The van der Waals surface area contributed by atoms with E-state index in [0.717, 1.165) is 4.68 Å². The molecule has 0 aliphatic heterocycles. The first-order valence-electron chi connectivity index (χ1n) is 9.83. The Hall–Kier alpha value is -3.69. The number of hydrogen-bond acceptors (Lipinski definition) is 6. The molecule has 160 valence electrons. The minimum Gasteiger partial charge on any atom is -0.308 e. The molecule has 0 saturated heterocycles. The summed E-state index contributed by atoms with van der Waals surface area (Å²) in [6.45, 7) is 6.51. The number of carbonyl (C=O) groups is 1. The van der Waals surface area contributed by atoms with Gasteiger partial charge in [0.1, 0.15) is 24.4 Å². The fourth-order valence-electron chi connectivity index (χ4n) is 3.33. The van der Waals surface area contributed by atoms with Gasteiger partial charge in [-0.3, -0.25) is 14.0 Å². The molecule has 3 heterocycles. The summed E-state index contributed by atoms with van der Waals surface area (Å²) in [5.74, 6) is -0.191. The largest absolute Gasteiger partial charge is 0.308 e. The second-order valence-electron chi connectivity index (χ2n) is 8.15. The fourth-order valence-corrected chi connectivity index (χ4v) is 3.33. The molecule has 1 aromatic carbocycles. The van der Waals surface area contributed by atoms with Crippen LogP contribution in [0, 0.1) is 0 Å². The van der Waals surface area contributed by atoms with E-state index in [1.165, 1.54) is 26.4 Å². The number of halogens is 1. The van der Waals surface area contributed by atoms with Gasteiger partial charge in [-0.1, -0.05) is 19.9 Å². The maximum Gasteiger partial charge on any atom is 0.275 e. The quantitative estimate of drug-likeness (QED) is 0.529. The van der Waals surface area contributed by atoms with Crippen molar-refractivity contribution < 1.29 is 9.18 Å². The topological polar surface area (TPSA) is 107 Å². The summed E-state index contributed by atoms with van der Waals surface area (Å²) in [5.41, 5.74) is -0.329. The molecule has 3 aromatic heterocycles. The summed E-state index contributed by atoms with van der Waals surface area (Å²) >= 11 is 0. The van der Waals surface area contributed by atoms with E-state index < -0.39 is 17.1 Å². The van der Waals surface area contributed by atoms with Crippen molar-refractivity contribution in [3.05, 3.63) is 58.5 Å². The van der Waals surface area contributed by atoms with Gasteiger partial charge in [0.25, 0.3) is 5.56 Å². The fraction of sp³-hybridized carbons (Fsp3) is 0.333. The third kappa shape index (κ3) is 4.00. The molecule has 1 N–H and O–H groups in total. The lowest BCUT2D eigenvalue weighted by Gasteiger charge is -2.18. The SMILES string of the molecule is CC(C)c1nn(CC(=O)Nc2cn3cnnc3cn2)c(=O)c2ccc(C(C)(C)F)cc12. The molecule has 10 heteroatoms. The molecule has 0 bridgehead atoms. The van der Waals surface area contributed by atoms with Crippen molar-refractivity contribution in [3.8, 4) is 0 Å². The minimum absolute atomic E-state index is 0.0341. The molecule has 4 rings (SSSR count). The van der Waals surface area contributed by atoms with Crippen molar-refractivity contribution in [1.29, 1.82) is 0 Å². The Kier molecular flexibility index (Phi) is 5.00. The molecule has 4 aromatic rings. The van der Waals surface area contributed by atoms with Crippen molar-refractivity contribution in [2.45, 2.75) is 45.8 Å². The van der Waals surface area contributed by atoms with Gasteiger partial charge < -0.3 is 5.32 Å². The van der Waals surface area contributed by atoms with Gasteiger partial charge in [-0.15, -0.1) is 10.2 Å². The maximum atomic E-state index is 14.4. The molecular weight excluding hydrogens is 401 g/mol. The summed E-state index contributed by atoms with van der Waals surface area (Å²) in [5, 5.41) is 15.7. The Morgan fingerprint density at radius 2 is 2.03 bits per heavy atom. The molecule has 1 amide bonds. The van der Waals surface area contributed by atoms with Crippen molar-refractivity contribution in [2.24, 2.45) is 0 Å². The normalized spacial score (nSPS) is 12.1. The third-order valence-electron chi connectivity index (χ3n) is 4.96. The number of fused-ring (bicyclic) bond motifs is 2. The number of hydrogen-bond donors (Lipinski definition) is 1. The first kappa shape index (κ1) is 20.6. The number of alkyl halides is 1. The lowest BCUT2D eigenvalue weighted by Crippen LogP contribution is -2.31. The number of rotatable bonds is 5. The van der Waals surface area contributed by atoms with Gasteiger partial charge >= 0.3 is 0 Å². The lowest BCUT2D eigenvalue weighted by molar-refractivity contribution is -0.117. The van der Waals surface area contributed by atoms with E-state index >= 15 is 0 Å². The standard InChI is InChI=1S/C21H22FN7O2/c1-12(2)19-15-7-13(21(3,4)22)5-6-14(15)20(31)29(27-19)10-18(30)25-16-9-28-11-24-26-17(28)8-23-16/h5-9,11-12H,10H2,1-4H3,(H,25,30). The summed E-state index contributed by atoms with van der Waals surface area (Å²) in [7, 11) is 0. The van der Waals surface area contributed by atoms with Crippen LogP contribution in [-0.4, -0.2) is 35.3 Å². The molecule has 0 spiro atoms. The van der Waals surface area contributed by atoms with E-state index in [1.54, 1.807) is 28.8 Å². The minimum atomic E-state index is -1.55. The zero-order chi connectivity index (χ0) is 22.3. The Bertz CT molecular complexity index is 1350. The molecule has 0 atom stereocenters. The van der Waals surface area contributed by atoms with Gasteiger partial charge in [0, 0.05) is 5.39 Å². The van der Waals surface area contributed by atoms with Crippen LogP contribution < -0.4 is 10.9 Å². The average Bonchev–Trinajstić information content (AvgIpc) is 3.16. The number of benzene rings is 1. The molecule has 0 aliphatic rings. The second kappa shape index (κ2) is 7.53. The van der Waals surface area contributed by atoms with Crippen LogP contribution in [0.4, 0.5) is 10.2 Å². The number of amides is 1. The number of carbonyl (C=O) groups excluding carboxylic acids is 1. The summed E-state index contributed by atoms with van der Waals surface area (Å²) < 4.78 is 17.2. The van der Waals surface area contributed by atoms with Crippen molar-refractivity contribution in [3.63, 3.8) is 0 Å². The lowest BCUT2D eigenvalue weighted by atomic mass is 9.95. The highest BCUT2D eigenvalue weighted by molar-refractivity contribution is 5.90. The first-order chi connectivity index (χ1) is 14.6. The summed E-state index contributed by atoms with van der Waals surface area (Å²) in [4.78, 5) is 29.7. The van der Waals surface area contributed by atoms with Crippen molar-refractivity contribution in [2.75, 3.05) is 5.32 Å². The zero-order valence-corrected chi connectivity index (χ0v) is 17.6. The third-order valence-corrected chi connectivity index (χ3v) is 4.96. The average molecular weight is 423 g/mol. The van der Waals surface area contributed by atoms with Crippen molar-refractivity contribution >= 4 is 28.1 Å². The van der Waals surface area contributed by atoms with Crippen LogP contribution in [0.2, 0.25) is 0 Å². The number of nitrogens with zero attached hydrogens (tertiary/aromatic N) is 6. The number of anilines is 1. The highest BCUT2D eigenvalue weighted by Crippen LogP contribution is 2.29. The predicted molar refractivity (Wildman–Crippen MR) is 114 cm³/mol. The predicted octanol–water partition coefficient (Wildman–Crippen LogP) is 2.80. The Morgan fingerprint density at radius 1 is 1.26 bits per heavy atom. The van der Waals surface area contributed by atoms with Crippen LogP contribution in [-0.2, 0) is 17.0 Å². The Balaban J connectivity index is 1.68. The van der Waals surface area contributed by atoms with Crippen LogP contribution >= 0.6 is 0 Å². The van der Waals surface area contributed by atoms with E-state index in [4.69, 9.17) is 0 Å². The van der Waals surface area contributed by atoms with Gasteiger partial charge in [0.2, 0.25) is 5.91 Å². The Labute approximate surface area is 176 Å².